The molecule has 1 heterocycles. The van der Waals surface area contributed by atoms with Crippen molar-refractivity contribution in [1.82, 2.24) is 0 Å². The third-order valence-electron chi connectivity index (χ3n) is 1.87. The predicted octanol–water partition coefficient (Wildman–Crippen LogP) is 1.17. The first-order valence-corrected chi connectivity index (χ1v) is 3.95. The van der Waals surface area contributed by atoms with Crippen LogP contribution >= 0.6 is 0 Å². The second kappa shape index (κ2) is 3.07. The fourth-order valence-corrected chi connectivity index (χ4v) is 1.22. The lowest BCUT2D eigenvalue weighted by Gasteiger charge is -2.19. The van der Waals surface area contributed by atoms with Gasteiger partial charge in [0.05, 0.1) is 0 Å². The molecule has 4 nitrogen and oxygen atoms in total. The Morgan fingerprint density at radius 3 is 2.86 bits per heavy atom. The normalized spacial score (nSPS) is 13.4. The molecule has 0 fully saturated rings. The average molecular weight is 195 g/mol. The molecule has 0 atom stereocenters. The van der Waals surface area contributed by atoms with Crippen molar-refractivity contribution in [3.63, 3.8) is 0 Å². The van der Waals surface area contributed by atoms with Crippen molar-refractivity contribution in [2.24, 2.45) is 0 Å². The third kappa shape index (κ3) is 1.12. The van der Waals surface area contributed by atoms with Crippen molar-refractivity contribution < 1.29 is 19.0 Å². The molecule has 14 heavy (non-hydrogen) atoms. The number of phenolic OH excluding ortho intramolecular Hbond substituents is 1. The molecule has 0 amide bonds. The number of fused-ring (bicyclic) bond motifs is 1. The van der Waals surface area contributed by atoms with E-state index in [0.29, 0.717) is 6.61 Å². The number of benzene rings is 1. The minimum absolute atomic E-state index is 0.132. The molecule has 0 aromatic heterocycles. The van der Waals surface area contributed by atoms with E-state index in [-0.39, 0.29) is 23.7 Å². The molecule has 1 aromatic rings. The molecule has 72 valence electrons. The Morgan fingerprint density at radius 1 is 1.43 bits per heavy atom. The summed E-state index contributed by atoms with van der Waals surface area (Å²) in [6.45, 7) is 0.539. The molecule has 0 bridgehead atoms. The van der Waals surface area contributed by atoms with E-state index in [0.717, 1.165) is 0 Å². The molecule has 0 saturated heterocycles. The maximum Gasteiger partial charge on any atom is 0.211 e. The summed E-state index contributed by atoms with van der Waals surface area (Å²) in [4.78, 5) is 0. The van der Waals surface area contributed by atoms with E-state index in [2.05, 4.69) is 0 Å². The van der Waals surface area contributed by atoms with Gasteiger partial charge < -0.3 is 14.6 Å². The van der Waals surface area contributed by atoms with Crippen LogP contribution in [0.5, 0.6) is 17.2 Å². The van der Waals surface area contributed by atoms with E-state index < -0.39 is 11.6 Å². The molecule has 5 heteroatoms. The molecular formula is C9H6FNO3. The van der Waals surface area contributed by atoms with E-state index >= 15 is 0 Å². The monoisotopic (exact) mass is 195 g/mol. The van der Waals surface area contributed by atoms with Crippen molar-refractivity contribution >= 4 is 0 Å². The minimum atomic E-state index is -0.946. The average Bonchev–Trinajstić information content (AvgIpc) is 2.23. The largest absolute Gasteiger partial charge is 0.504 e. The molecule has 2 rings (SSSR count). The van der Waals surface area contributed by atoms with E-state index in [1.807, 2.05) is 0 Å². The number of nitrogens with zero attached hydrogens (tertiary/aromatic N) is 1. The number of halogens is 1. The standard InChI is InChI=1S/C9H6FNO3/c10-7-8(12)5(4-11)3-6-9(7)14-2-1-13-6/h3,12H,1-2H2. The summed E-state index contributed by atoms with van der Waals surface area (Å²) in [7, 11) is 0. The van der Waals surface area contributed by atoms with E-state index in [4.69, 9.17) is 14.7 Å². The van der Waals surface area contributed by atoms with Crippen LogP contribution in [0.3, 0.4) is 0 Å². The summed E-state index contributed by atoms with van der Waals surface area (Å²) < 4.78 is 23.4. The molecular weight excluding hydrogens is 189 g/mol. The first-order valence-electron chi connectivity index (χ1n) is 3.95. The van der Waals surface area contributed by atoms with Gasteiger partial charge in [-0.05, 0) is 0 Å². The number of ether oxygens (including phenoxy) is 2. The fraction of sp³-hybridized carbons (Fsp3) is 0.222. The van der Waals surface area contributed by atoms with Gasteiger partial charge >= 0.3 is 0 Å². The number of nitriles is 1. The SMILES string of the molecule is N#Cc1cc2c(c(F)c1O)OCCO2. The lowest BCUT2D eigenvalue weighted by molar-refractivity contribution is 0.162. The highest BCUT2D eigenvalue weighted by Crippen LogP contribution is 2.39. The number of hydrogen-bond donors (Lipinski definition) is 1. The Balaban J connectivity index is 2.64. The summed E-state index contributed by atoms with van der Waals surface area (Å²) >= 11 is 0. The zero-order valence-corrected chi connectivity index (χ0v) is 7.08. The Morgan fingerprint density at radius 2 is 2.14 bits per heavy atom. The molecule has 1 aromatic carbocycles. The van der Waals surface area contributed by atoms with Crippen LogP contribution in [0.1, 0.15) is 5.56 Å². The molecule has 0 unspecified atom stereocenters. The van der Waals surface area contributed by atoms with Crippen LogP contribution in [0.15, 0.2) is 6.07 Å². The number of aromatic hydroxyl groups is 1. The Labute approximate surface area is 79.1 Å². The number of phenols is 1. The van der Waals surface area contributed by atoms with Crippen LogP contribution in [-0.2, 0) is 0 Å². The van der Waals surface area contributed by atoms with E-state index in [9.17, 15) is 9.50 Å². The lowest BCUT2D eigenvalue weighted by Crippen LogP contribution is -2.16. The van der Waals surface area contributed by atoms with Gasteiger partial charge in [0.25, 0.3) is 0 Å². The van der Waals surface area contributed by atoms with Gasteiger partial charge in [0, 0.05) is 6.07 Å². The lowest BCUT2D eigenvalue weighted by atomic mass is 10.1. The smallest absolute Gasteiger partial charge is 0.211 e. The van der Waals surface area contributed by atoms with Gasteiger partial charge in [0.2, 0.25) is 11.6 Å². The van der Waals surface area contributed by atoms with Gasteiger partial charge in [-0.3, -0.25) is 0 Å². The summed E-state index contributed by atoms with van der Waals surface area (Å²) in [5.74, 6) is -1.62. The molecule has 1 aliphatic heterocycles. The summed E-state index contributed by atoms with van der Waals surface area (Å²) in [6, 6.07) is 2.92. The van der Waals surface area contributed by atoms with Crippen LogP contribution in [-0.4, -0.2) is 18.3 Å². The van der Waals surface area contributed by atoms with Gasteiger partial charge in [0.15, 0.2) is 11.5 Å². The van der Waals surface area contributed by atoms with Crippen LogP contribution < -0.4 is 9.47 Å². The minimum Gasteiger partial charge on any atom is -0.504 e. The van der Waals surface area contributed by atoms with Gasteiger partial charge in [-0.2, -0.15) is 9.65 Å². The number of hydrogen-bond acceptors (Lipinski definition) is 4. The summed E-state index contributed by atoms with van der Waals surface area (Å²) in [6.07, 6.45) is 0. The van der Waals surface area contributed by atoms with Crippen LogP contribution in [0.25, 0.3) is 0 Å². The molecule has 0 radical (unpaired) electrons. The first kappa shape index (κ1) is 8.63. The highest BCUT2D eigenvalue weighted by atomic mass is 19.1. The van der Waals surface area contributed by atoms with E-state index in [1.54, 1.807) is 6.07 Å². The van der Waals surface area contributed by atoms with Crippen LogP contribution in [0.4, 0.5) is 4.39 Å². The number of rotatable bonds is 0. The van der Waals surface area contributed by atoms with Crippen molar-refractivity contribution in [2.75, 3.05) is 13.2 Å². The van der Waals surface area contributed by atoms with Crippen LogP contribution in [0, 0.1) is 17.1 Å². The molecule has 1 aliphatic rings. The van der Waals surface area contributed by atoms with Gasteiger partial charge in [0.1, 0.15) is 24.8 Å². The van der Waals surface area contributed by atoms with Gasteiger partial charge in [-0.1, -0.05) is 0 Å². The van der Waals surface area contributed by atoms with Crippen molar-refractivity contribution in [3.8, 4) is 23.3 Å². The second-order valence-corrected chi connectivity index (χ2v) is 2.72. The zero-order valence-electron chi connectivity index (χ0n) is 7.08. The van der Waals surface area contributed by atoms with Crippen molar-refractivity contribution in [1.29, 1.82) is 5.26 Å². The molecule has 1 N–H and O–H groups in total. The third-order valence-corrected chi connectivity index (χ3v) is 1.87. The van der Waals surface area contributed by atoms with Gasteiger partial charge in [-0.15, -0.1) is 0 Å². The maximum absolute atomic E-state index is 13.3. The maximum atomic E-state index is 13.3. The fourth-order valence-electron chi connectivity index (χ4n) is 1.22. The highest BCUT2D eigenvalue weighted by molar-refractivity contribution is 5.56. The molecule has 0 saturated carbocycles. The van der Waals surface area contributed by atoms with Crippen LogP contribution in [0.2, 0.25) is 0 Å². The van der Waals surface area contributed by atoms with Crippen molar-refractivity contribution in [3.05, 3.63) is 17.4 Å². The Bertz CT molecular complexity index is 425. The van der Waals surface area contributed by atoms with Gasteiger partial charge in [-0.25, -0.2) is 0 Å². The highest BCUT2D eigenvalue weighted by Gasteiger charge is 2.22. The molecule has 0 spiro atoms. The molecule has 0 aliphatic carbocycles. The summed E-state index contributed by atoms with van der Waals surface area (Å²) in [5.41, 5.74) is -0.160. The van der Waals surface area contributed by atoms with Crippen molar-refractivity contribution in [2.45, 2.75) is 0 Å². The quantitative estimate of drug-likeness (QED) is 0.675. The first-order chi connectivity index (χ1) is 6.74. The Hall–Kier alpha value is -1.96. The topological polar surface area (TPSA) is 62.5 Å². The Kier molecular flexibility index (Phi) is 1.89. The predicted molar refractivity (Wildman–Crippen MR) is 43.8 cm³/mol. The second-order valence-electron chi connectivity index (χ2n) is 2.72. The van der Waals surface area contributed by atoms with E-state index in [1.165, 1.54) is 6.07 Å². The zero-order chi connectivity index (χ0) is 10.1. The summed E-state index contributed by atoms with van der Waals surface area (Å²) in [5, 5.41) is 17.8.